The van der Waals surface area contributed by atoms with E-state index in [9.17, 15) is 0 Å². The molecule has 2 atom stereocenters. The van der Waals surface area contributed by atoms with Crippen molar-refractivity contribution < 1.29 is 0 Å². The van der Waals surface area contributed by atoms with Crippen LogP contribution in [0.1, 0.15) is 59.2 Å². The quantitative estimate of drug-likeness (QED) is 0.862. The minimum atomic E-state index is -0.0233. The normalized spacial score (nSPS) is 27.2. The minimum Gasteiger partial charge on any atom is -0.327 e. The van der Waals surface area contributed by atoms with Crippen LogP contribution in [-0.4, -0.2) is 15.6 Å². The molecule has 21 heavy (non-hydrogen) atoms. The van der Waals surface area contributed by atoms with Crippen LogP contribution in [0.5, 0.6) is 0 Å². The van der Waals surface area contributed by atoms with Gasteiger partial charge in [0.05, 0.1) is 11.0 Å². The van der Waals surface area contributed by atoms with Crippen LogP contribution < -0.4 is 5.73 Å². The number of rotatable bonds is 1. The predicted octanol–water partition coefficient (Wildman–Crippen LogP) is 3.95. The van der Waals surface area contributed by atoms with Gasteiger partial charge >= 0.3 is 0 Å². The smallest absolute Gasteiger partial charge is 0.117 e. The monoisotopic (exact) mass is 285 g/mol. The maximum atomic E-state index is 6.53. The van der Waals surface area contributed by atoms with Crippen LogP contribution in [0.2, 0.25) is 0 Å². The highest BCUT2D eigenvalue weighted by molar-refractivity contribution is 5.76. The van der Waals surface area contributed by atoms with E-state index in [1.165, 1.54) is 24.2 Å². The van der Waals surface area contributed by atoms with E-state index in [0.717, 1.165) is 18.4 Å². The molecule has 0 radical (unpaired) electrons. The van der Waals surface area contributed by atoms with Gasteiger partial charge in [-0.2, -0.15) is 0 Å². The van der Waals surface area contributed by atoms with Crippen molar-refractivity contribution in [3.8, 4) is 0 Å². The molecule has 2 unspecified atom stereocenters. The molecule has 1 fully saturated rings. The minimum absolute atomic E-state index is 0.00557. The Morgan fingerprint density at radius 3 is 2.62 bits per heavy atom. The lowest BCUT2D eigenvalue weighted by Crippen LogP contribution is -2.48. The van der Waals surface area contributed by atoms with Crippen molar-refractivity contribution in [3.63, 3.8) is 0 Å². The number of fused-ring (bicyclic) bond motifs is 1. The number of para-hydroxylation sites is 2. The maximum Gasteiger partial charge on any atom is 0.117 e. The molecule has 1 aliphatic carbocycles. The van der Waals surface area contributed by atoms with Crippen LogP contribution in [-0.2, 0) is 11.0 Å². The molecule has 0 saturated heterocycles. The number of hydrogen-bond acceptors (Lipinski definition) is 2. The van der Waals surface area contributed by atoms with Crippen LogP contribution in [0.15, 0.2) is 24.3 Å². The van der Waals surface area contributed by atoms with Gasteiger partial charge in [-0.3, -0.25) is 0 Å². The Hall–Kier alpha value is -1.35. The zero-order valence-electron chi connectivity index (χ0n) is 13.7. The zero-order valence-corrected chi connectivity index (χ0v) is 13.7. The van der Waals surface area contributed by atoms with Crippen molar-refractivity contribution in [3.05, 3.63) is 30.1 Å². The first-order chi connectivity index (χ1) is 9.84. The van der Waals surface area contributed by atoms with Crippen molar-refractivity contribution in [2.45, 2.75) is 70.4 Å². The summed E-state index contributed by atoms with van der Waals surface area (Å²) in [4.78, 5) is 5.01. The number of aromatic nitrogens is 2. The lowest BCUT2D eigenvalue weighted by atomic mass is 9.71. The second-order valence-electron chi connectivity index (χ2n) is 7.70. The van der Waals surface area contributed by atoms with Crippen LogP contribution in [0.4, 0.5) is 0 Å². The third kappa shape index (κ3) is 2.28. The number of benzene rings is 1. The van der Waals surface area contributed by atoms with E-state index in [1.807, 2.05) is 0 Å². The predicted molar refractivity (Wildman–Crippen MR) is 88.5 cm³/mol. The molecule has 2 N–H and O–H groups in total. The first kappa shape index (κ1) is 14.6. The van der Waals surface area contributed by atoms with Crippen molar-refractivity contribution in [1.29, 1.82) is 0 Å². The van der Waals surface area contributed by atoms with E-state index in [1.54, 1.807) is 0 Å². The Morgan fingerprint density at radius 2 is 1.95 bits per heavy atom. The van der Waals surface area contributed by atoms with Crippen molar-refractivity contribution in [1.82, 2.24) is 9.55 Å². The van der Waals surface area contributed by atoms with E-state index in [-0.39, 0.29) is 17.0 Å². The van der Waals surface area contributed by atoms with Gasteiger partial charge in [-0.15, -0.1) is 0 Å². The number of hydrogen-bond donors (Lipinski definition) is 1. The Labute approximate surface area is 127 Å². The summed E-state index contributed by atoms with van der Waals surface area (Å²) in [5.41, 5.74) is 8.81. The molecule has 3 heteroatoms. The third-order valence-corrected chi connectivity index (χ3v) is 5.02. The van der Waals surface area contributed by atoms with Crippen molar-refractivity contribution >= 4 is 11.0 Å². The molecular formula is C18H27N3. The van der Waals surface area contributed by atoms with E-state index >= 15 is 0 Å². The highest BCUT2D eigenvalue weighted by atomic mass is 15.1. The molecule has 1 saturated carbocycles. The molecule has 1 aromatic carbocycles. The fourth-order valence-corrected chi connectivity index (χ4v) is 3.73. The van der Waals surface area contributed by atoms with Crippen LogP contribution >= 0.6 is 0 Å². The first-order valence-electron chi connectivity index (χ1n) is 8.08. The number of nitrogens with two attached hydrogens (primary N) is 1. The molecule has 3 nitrogen and oxygen atoms in total. The van der Waals surface area contributed by atoms with E-state index in [0.29, 0.717) is 0 Å². The summed E-state index contributed by atoms with van der Waals surface area (Å²) in [7, 11) is 0. The third-order valence-electron chi connectivity index (χ3n) is 5.02. The molecule has 1 aliphatic rings. The van der Waals surface area contributed by atoms with Crippen molar-refractivity contribution in [2.24, 2.45) is 5.73 Å². The first-order valence-corrected chi connectivity index (χ1v) is 8.08. The Balaban J connectivity index is 2.27. The van der Waals surface area contributed by atoms with Gasteiger partial charge in [-0.05, 0) is 45.7 Å². The summed E-state index contributed by atoms with van der Waals surface area (Å²) in [5, 5.41) is 0. The average Bonchev–Trinajstić information content (AvgIpc) is 2.82. The molecule has 1 heterocycles. The molecule has 0 bridgehead atoms. The Kier molecular flexibility index (Phi) is 3.36. The average molecular weight is 285 g/mol. The van der Waals surface area contributed by atoms with Gasteiger partial charge in [-0.1, -0.05) is 31.9 Å². The van der Waals surface area contributed by atoms with Crippen molar-refractivity contribution in [2.75, 3.05) is 0 Å². The van der Waals surface area contributed by atoms with Gasteiger partial charge in [0.2, 0.25) is 0 Å². The topological polar surface area (TPSA) is 43.8 Å². The van der Waals surface area contributed by atoms with Gasteiger partial charge in [0.15, 0.2) is 0 Å². The highest BCUT2D eigenvalue weighted by Gasteiger charge is 2.41. The summed E-state index contributed by atoms with van der Waals surface area (Å²) in [6.07, 6.45) is 4.72. The summed E-state index contributed by atoms with van der Waals surface area (Å²) >= 11 is 0. The van der Waals surface area contributed by atoms with Crippen LogP contribution in [0, 0.1) is 0 Å². The second kappa shape index (κ2) is 4.84. The van der Waals surface area contributed by atoms with Gasteiger partial charge in [-0.25, -0.2) is 4.98 Å². The molecule has 114 valence electrons. The Morgan fingerprint density at radius 1 is 1.24 bits per heavy atom. The molecule has 3 rings (SSSR count). The number of nitrogens with zero attached hydrogens (tertiary/aromatic N) is 2. The van der Waals surface area contributed by atoms with E-state index < -0.39 is 0 Å². The maximum absolute atomic E-state index is 6.53. The lowest BCUT2D eigenvalue weighted by molar-refractivity contribution is 0.237. The van der Waals surface area contributed by atoms with Gasteiger partial charge in [0.25, 0.3) is 0 Å². The highest BCUT2D eigenvalue weighted by Crippen LogP contribution is 2.41. The zero-order chi connectivity index (χ0) is 15.3. The molecule has 1 aromatic heterocycles. The summed E-state index contributed by atoms with van der Waals surface area (Å²) < 4.78 is 2.41. The molecule has 0 aliphatic heterocycles. The fraction of sp³-hybridized carbons (Fsp3) is 0.611. The molecular weight excluding hydrogens is 258 g/mol. The van der Waals surface area contributed by atoms with E-state index in [4.69, 9.17) is 10.7 Å². The molecule has 0 amide bonds. The SMILES string of the molecule is CC1(c2nc3ccccc3n2C(C)(C)C)CCCCC1N. The van der Waals surface area contributed by atoms with Crippen LogP contribution in [0.25, 0.3) is 11.0 Å². The second-order valence-corrected chi connectivity index (χ2v) is 7.70. The summed E-state index contributed by atoms with van der Waals surface area (Å²) in [5.74, 6) is 1.17. The van der Waals surface area contributed by atoms with E-state index in [2.05, 4.69) is 56.5 Å². The van der Waals surface area contributed by atoms with Gasteiger partial charge in [0.1, 0.15) is 5.82 Å². The summed E-state index contributed by atoms with van der Waals surface area (Å²) in [6.45, 7) is 9.06. The molecule has 0 spiro atoms. The summed E-state index contributed by atoms with van der Waals surface area (Å²) in [6, 6.07) is 8.64. The fourth-order valence-electron chi connectivity index (χ4n) is 3.73. The standard InChI is InChI=1S/C18H27N3/c1-17(2,3)21-14-10-6-5-9-13(14)20-16(21)18(4)12-8-7-11-15(18)19/h5-6,9-10,15H,7-8,11-12,19H2,1-4H3. The molecule has 2 aromatic rings. The largest absolute Gasteiger partial charge is 0.327 e. The van der Waals surface area contributed by atoms with Gasteiger partial charge in [0, 0.05) is 17.0 Å². The van der Waals surface area contributed by atoms with Crippen LogP contribution in [0.3, 0.4) is 0 Å². The Bertz CT molecular complexity index is 650. The van der Waals surface area contributed by atoms with Gasteiger partial charge < -0.3 is 10.3 Å². The lowest BCUT2D eigenvalue weighted by Gasteiger charge is -2.41. The number of imidazole rings is 1.